The van der Waals surface area contributed by atoms with E-state index in [1.807, 2.05) is 0 Å². The van der Waals surface area contributed by atoms with Crippen LogP contribution < -0.4 is 5.32 Å². The first kappa shape index (κ1) is 18.9. The van der Waals surface area contributed by atoms with E-state index in [4.69, 9.17) is 4.74 Å². The Morgan fingerprint density at radius 1 is 1.26 bits per heavy atom. The van der Waals surface area contributed by atoms with Gasteiger partial charge in [0.15, 0.2) is 10.9 Å². The number of methoxy groups -OCH3 is 1. The molecule has 0 aliphatic heterocycles. The van der Waals surface area contributed by atoms with Crippen molar-refractivity contribution < 1.29 is 13.9 Å². The fourth-order valence-corrected chi connectivity index (χ4v) is 3.04. The molecule has 3 rings (SSSR count). The molecule has 0 spiro atoms. The van der Waals surface area contributed by atoms with Crippen LogP contribution in [0.25, 0.3) is 5.69 Å². The van der Waals surface area contributed by atoms with Gasteiger partial charge in [0, 0.05) is 31.8 Å². The fraction of sp³-hybridized carbons (Fsp3) is 0.235. The van der Waals surface area contributed by atoms with Gasteiger partial charge in [0.25, 0.3) is 5.91 Å². The average molecular weight is 388 g/mol. The van der Waals surface area contributed by atoms with E-state index >= 15 is 0 Å². The van der Waals surface area contributed by atoms with Gasteiger partial charge in [-0.3, -0.25) is 4.79 Å². The number of amides is 1. The molecule has 1 N–H and O–H groups in total. The number of aromatic nitrogens is 5. The zero-order valence-electron chi connectivity index (χ0n) is 14.5. The third-order valence-electron chi connectivity index (χ3n) is 3.52. The standard InChI is InChI=1S/C17H17FN6O2S/c1-26-10-9-19-16(25)15-14(11-27-17-20-7-2-8-21-17)24(23-22-15)13-5-3-12(18)4-6-13/h2-8H,9-11H2,1H3,(H,19,25). The van der Waals surface area contributed by atoms with Crippen molar-refractivity contribution in [3.8, 4) is 5.69 Å². The molecule has 2 heterocycles. The molecule has 8 nitrogen and oxygen atoms in total. The number of hydrogen-bond donors (Lipinski definition) is 1. The molecule has 0 unspecified atom stereocenters. The largest absolute Gasteiger partial charge is 0.383 e. The highest BCUT2D eigenvalue weighted by Gasteiger charge is 2.21. The quantitative estimate of drug-likeness (QED) is 0.358. The van der Waals surface area contributed by atoms with Crippen molar-refractivity contribution >= 4 is 17.7 Å². The van der Waals surface area contributed by atoms with Crippen molar-refractivity contribution in [1.29, 1.82) is 0 Å². The second kappa shape index (κ2) is 9.19. The molecule has 0 aliphatic rings. The molecule has 0 aliphatic carbocycles. The van der Waals surface area contributed by atoms with Crippen LogP contribution in [-0.2, 0) is 10.5 Å². The first-order valence-corrected chi connectivity index (χ1v) is 9.05. The summed E-state index contributed by atoms with van der Waals surface area (Å²) in [4.78, 5) is 20.8. The predicted molar refractivity (Wildman–Crippen MR) is 97.1 cm³/mol. The van der Waals surface area contributed by atoms with E-state index in [0.717, 1.165) is 0 Å². The summed E-state index contributed by atoms with van der Waals surface area (Å²) in [6.45, 7) is 0.743. The Hall–Kier alpha value is -2.85. The second-order valence-electron chi connectivity index (χ2n) is 5.34. The van der Waals surface area contributed by atoms with E-state index in [1.54, 1.807) is 37.7 Å². The number of carbonyl (C=O) groups excluding carboxylic acids is 1. The predicted octanol–water partition coefficient (Wildman–Crippen LogP) is 1.86. The number of hydrogen-bond acceptors (Lipinski definition) is 7. The Bertz CT molecular complexity index is 888. The number of carbonyl (C=O) groups is 1. The Morgan fingerprint density at radius 2 is 2.00 bits per heavy atom. The Kier molecular flexibility index (Phi) is 6.44. The zero-order valence-corrected chi connectivity index (χ0v) is 15.3. The van der Waals surface area contributed by atoms with Crippen LogP contribution in [0.2, 0.25) is 0 Å². The summed E-state index contributed by atoms with van der Waals surface area (Å²) in [5.74, 6) is -0.350. The average Bonchev–Trinajstić information content (AvgIpc) is 3.12. The lowest BCUT2D eigenvalue weighted by Gasteiger charge is -2.08. The first-order chi connectivity index (χ1) is 13.2. The molecule has 0 atom stereocenters. The maximum absolute atomic E-state index is 13.2. The zero-order chi connectivity index (χ0) is 19.1. The Labute approximate surface area is 159 Å². The molecule has 2 aromatic heterocycles. The highest BCUT2D eigenvalue weighted by Crippen LogP contribution is 2.22. The van der Waals surface area contributed by atoms with Crippen LogP contribution in [0, 0.1) is 5.82 Å². The molecule has 10 heteroatoms. The smallest absolute Gasteiger partial charge is 0.273 e. The van der Waals surface area contributed by atoms with Crippen LogP contribution in [0.3, 0.4) is 0 Å². The highest BCUT2D eigenvalue weighted by atomic mass is 32.2. The van der Waals surface area contributed by atoms with Gasteiger partial charge >= 0.3 is 0 Å². The minimum Gasteiger partial charge on any atom is -0.383 e. The topological polar surface area (TPSA) is 94.8 Å². The van der Waals surface area contributed by atoms with E-state index in [1.165, 1.54) is 28.6 Å². The molecule has 0 radical (unpaired) electrons. The van der Waals surface area contributed by atoms with Gasteiger partial charge in [0.2, 0.25) is 0 Å². The molecule has 140 valence electrons. The Balaban J connectivity index is 1.88. The van der Waals surface area contributed by atoms with Crippen LogP contribution in [0.5, 0.6) is 0 Å². The van der Waals surface area contributed by atoms with E-state index in [2.05, 4.69) is 25.6 Å². The van der Waals surface area contributed by atoms with Crippen molar-refractivity contribution in [3.63, 3.8) is 0 Å². The van der Waals surface area contributed by atoms with Crippen LogP contribution in [0.1, 0.15) is 16.2 Å². The van der Waals surface area contributed by atoms with Crippen molar-refractivity contribution in [2.24, 2.45) is 0 Å². The SMILES string of the molecule is COCCNC(=O)c1nnn(-c2ccc(F)cc2)c1CSc1ncccn1. The molecular formula is C17H17FN6O2S. The number of nitrogens with one attached hydrogen (secondary N) is 1. The van der Waals surface area contributed by atoms with E-state index in [-0.39, 0.29) is 17.4 Å². The molecular weight excluding hydrogens is 371 g/mol. The monoisotopic (exact) mass is 388 g/mol. The molecule has 1 amide bonds. The van der Waals surface area contributed by atoms with Gasteiger partial charge in [-0.05, 0) is 30.3 Å². The molecule has 1 aromatic carbocycles. The van der Waals surface area contributed by atoms with Crippen molar-refractivity contribution in [2.75, 3.05) is 20.3 Å². The normalized spacial score (nSPS) is 10.7. The summed E-state index contributed by atoms with van der Waals surface area (Å²) in [6, 6.07) is 7.52. The molecule has 27 heavy (non-hydrogen) atoms. The van der Waals surface area contributed by atoms with Crippen LogP contribution in [-0.4, -0.2) is 51.1 Å². The molecule has 0 saturated carbocycles. The first-order valence-electron chi connectivity index (χ1n) is 8.06. The fourth-order valence-electron chi connectivity index (χ4n) is 2.24. The van der Waals surface area contributed by atoms with E-state index in [0.29, 0.717) is 35.4 Å². The van der Waals surface area contributed by atoms with E-state index < -0.39 is 0 Å². The van der Waals surface area contributed by atoms with Crippen molar-refractivity contribution in [2.45, 2.75) is 10.9 Å². The summed E-state index contributed by atoms with van der Waals surface area (Å²) < 4.78 is 19.7. The van der Waals surface area contributed by atoms with E-state index in [9.17, 15) is 9.18 Å². The van der Waals surface area contributed by atoms with Gasteiger partial charge in [-0.25, -0.2) is 19.0 Å². The minimum absolute atomic E-state index is 0.193. The van der Waals surface area contributed by atoms with Gasteiger partial charge in [-0.1, -0.05) is 17.0 Å². The molecule has 0 fully saturated rings. The van der Waals surface area contributed by atoms with Gasteiger partial charge < -0.3 is 10.1 Å². The van der Waals surface area contributed by atoms with Crippen LogP contribution >= 0.6 is 11.8 Å². The lowest BCUT2D eigenvalue weighted by molar-refractivity contribution is 0.0931. The van der Waals surface area contributed by atoms with Crippen molar-refractivity contribution in [1.82, 2.24) is 30.3 Å². The van der Waals surface area contributed by atoms with Crippen LogP contribution in [0.4, 0.5) is 4.39 Å². The second-order valence-corrected chi connectivity index (χ2v) is 6.28. The molecule has 0 saturated heterocycles. The maximum Gasteiger partial charge on any atom is 0.273 e. The minimum atomic E-state index is -0.356. The number of thioether (sulfide) groups is 1. The molecule has 0 bridgehead atoms. The van der Waals surface area contributed by atoms with Gasteiger partial charge in [-0.15, -0.1) is 5.10 Å². The number of rotatable bonds is 8. The third kappa shape index (κ3) is 4.86. The lowest BCUT2D eigenvalue weighted by Crippen LogP contribution is -2.28. The molecule has 3 aromatic rings. The summed E-state index contributed by atoms with van der Waals surface area (Å²) >= 11 is 1.35. The number of nitrogens with zero attached hydrogens (tertiary/aromatic N) is 5. The highest BCUT2D eigenvalue weighted by molar-refractivity contribution is 7.98. The Morgan fingerprint density at radius 3 is 2.70 bits per heavy atom. The maximum atomic E-state index is 13.2. The summed E-state index contributed by atoms with van der Waals surface area (Å²) in [7, 11) is 1.55. The summed E-state index contributed by atoms with van der Waals surface area (Å²) in [5, 5.41) is 11.4. The lowest BCUT2D eigenvalue weighted by atomic mass is 10.2. The number of ether oxygens (including phenoxy) is 1. The van der Waals surface area contributed by atoms with Gasteiger partial charge in [0.1, 0.15) is 5.82 Å². The van der Waals surface area contributed by atoms with Gasteiger partial charge in [0.05, 0.1) is 18.0 Å². The summed E-state index contributed by atoms with van der Waals surface area (Å²) in [6.07, 6.45) is 3.28. The summed E-state index contributed by atoms with van der Waals surface area (Å²) in [5.41, 5.74) is 1.36. The third-order valence-corrected chi connectivity index (χ3v) is 4.41. The number of benzene rings is 1. The van der Waals surface area contributed by atoms with Crippen LogP contribution in [0.15, 0.2) is 47.9 Å². The van der Waals surface area contributed by atoms with Gasteiger partial charge in [-0.2, -0.15) is 0 Å². The van der Waals surface area contributed by atoms with Crippen molar-refractivity contribution in [3.05, 3.63) is 59.9 Å². The number of halogens is 1.